The second-order valence-corrected chi connectivity index (χ2v) is 10.1. The number of thioether (sulfide) groups is 1. The van der Waals surface area contributed by atoms with Gasteiger partial charge in [-0.25, -0.2) is 4.99 Å². The van der Waals surface area contributed by atoms with Gasteiger partial charge in [-0.15, -0.1) is 0 Å². The zero-order valence-electron chi connectivity index (χ0n) is 19.3. The van der Waals surface area contributed by atoms with E-state index in [4.69, 9.17) is 23.2 Å². The fourth-order valence-corrected chi connectivity index (χ4v) is 4.84. The Hall–Kier alpha value is -2.28. The molecule has 0 saturated heterocycles. The van der Waals surface area contributed by atoms with E-state index in [0.29, 0.717) is 26.5 Å². The van der Waals surface area contributed by atoms with Gasteiger partial charge in [-0.2, -0.15) is 0 Å². The highest BCUT2D eigenvalue weighted by Gasteiger charge is 2.33. The van der Waals surface area contributed by atoms with Crippen molar-refractivity contribution >= 4 is 63.7 Å². The van der Waals surface area contributed by atoms with E-state index < -0.39 is 0 Å². The van der Waals surface area contributed by atoms with E-state index in [1.54, 1.807) is 29.2 Å². The maximum absolute atomic E-state index is 13.3. The summed E-state index contributed by atoms with van der Waals surface area (Å²) in [5.41, 5.74) is 2.77. The Labute approximate surface area is 209 Å². The van der Waals surface area contributed by atoms with E-state index in [9.17, 15) is 9.59 Å². The lowest BCUT2D eigenvalue weighted by molar-refractivity contribution is -0.131. The highest BCUT2D eigenvalue weighted by atomic mass is 35.5. The number of amides is 2. The average molecular weight is 504 g/mol. The van der Waals surface area contributed by atoms with E-state index in [1.807, 2.05) is 63.8 Å². The van der Waals surface area contributed by atoms with Crippen LogP contribution in [0.4, 0.5) is 5.69 Å². The third-order valence-corrected chi connectivity index (χ3v) is 6.76. The third kappa shape index (κ3) is 5.99. The normalized spacial score (nSPS) is 15.1. The Kier molecular flexibility index (Phi) is 8.27. The van der Waals surface area contributed by atoms with Gasteiger partial charge < -0.3 is 4.90 Å². The van der Waals surface area contributed by atoms with Crippen LogP contribution in [0.15, 0.2) is 53.2 Å². The highest BCUT2D eigenvalue weighted by molar-refractivity contribution is 8.14. The summed E-state index contributed by atoms with van der Waals surface area (Å²) >= 11 is 13.4. The molecule has 2 aromatic carbocycles. The molecule has 1 heterocycles. The van der Waals surface area contributed by atoms with Crippen molar-refractivity contribution in [1.82, 2.24) is 4.90 Å². The topological polar surface area (TPSA) is 53.0 Å². The molecule has 174 valence electrons. The Morgan fingerprint density at radius 1 is 1.06 bits per heavy atom. The fraction of sp³-hybridized carbons (Fsp3) is 0.320. The van der Waals surface area contributed by atoms with E-state index in [1.165, 1.54) is 11.8 Å². The lowest BCUT2D eigenvalue weighted by atomic mass is 10.2. The number of amidine groups is 1. The van der Waals surface area contributed by atoms with Crippen molar-refractivity contribution in [3.63, 3.8) is 0 Å². The summed E-state index contributed by atoms with van der Waals surface area (Å²) in [6.45, 7) is 9.97. The van der Waals surface area contributed by atoms with Crippen LogP contribution >= 0.6 is 35.0 Å². The minimum atomic E-state index is -0.260. The minimum Gasteiger partial charge on any atom is -0.337 e. The summed E-state index contributed by atoms with van der Waals surface area (Å²) in [6.07, 6.45) is 1.68. The predicted octanol–water partition coefficient (Wildman–Crippen LogP) is 6.42. The number of hydrogen-bond acceptors (Lipinski definition) is 4. The fourth-order valence-electron chi connectivity index (χ4n) is 3.65. The van der Waals surface area contributed by atoms with E-state index in [-0.39, 0.29) is 35.3 Å². The summed E-state index contributed by atoms with van der Waals surface area (Å²) in [6, 6.07) is 13.0. The minimum absolute atomic E-state index is 0.00548. The van der Waals surface area contributed by atoms with Gasteiger partial charge in [0.2, 0.25) is 5.91 Å². The predicted molar refractivity (Wildman–Crippen MR) is 140 cm³/mol. The maximum Gasteiger partial charge on any atom is 0.283 e. The molecular weight excluding hydrogens is 477 g/mol. The molecule has 0 fully saturated rings. The molecule has 0 atom stereocenters. The third-order valence-electron chi connectivity index (χ3n) is 5.09. The monoisotopic (exact) mass is 503 g/mol. The molecule has 33 heavy (non-hydrogen) atoms. The summed E-state index contributed by atoms with van der Waals surface area (Å²) < 4.78 is 0. The van der Waals surface area contributed by atoms with Gasteiger partial charge in [-0.1, -0.05) is 58.7 Å². The lowest BCUT2D eigenvalue weighted by Gasteiger charge is -2.30. The van der Waals surface area contributed by atoms with Crippen LogP contribution < -0.4 is 4.90 Å². The van der Waals surface area contributed by atoms with Crippen molar-refractivity contribution in [2.75, 3.05) is 10.7 Å². The molecular formula is C25H27Cl2N3O2S. The van der Waals surface area contributed by atoms with E-state index in [0.717, 1.165) is 5.56 Å². The number of carbonyl (C=O) groups is 2. The van der Waals surface area contributed by atoms with Gasteiger partial charge in [0, 0.05) is 12.1 Å². The van der Waals surface area contributed by atoms with Gasteiger partial charge in [-0.3, -0.25) is 14.5 Å². The summed E-state index contributed by atoms with van der Waals surface area (Å²) in [7, 11) is 0. The van der Waals surface area contributed by atoms with Crippen molar-refractivity contribution in [3.05, 3.63) is 69.3 Å². The number of benzene rings is 2. The van der Waals surface area contributed by atoms with Crippen molar-refractivity contribution in [1.29, 1.82) is 0 Å². The standard InChI is InChI=1S/C25H27Cl2N3O2S/c1-15(2)29(16(3)4)23(31)14-33-25-28-22(13-18-8-11-20(26)21(27)12-18)24(32)30(25)19-9-6-17(5)7-10-19/h6-13,15-16H,14H2,1-5H3. The van der Waals surface area contributed by atoms with Crippen molar-refractivity contribution < 1.29 is 9.59 Å². The number of rotatable bonds is 6. The zero-order valence-corrected chi connectivity index (χ0v) is 21.6. The van der Waals surface area contributed by atoms with Gasteiger partial charge in [0.15, 0.2) is 5.17 Å². The first kappa shape index (κ1) is 25.3. The first-order valence-electron chi connectivity index (χ1n) is 10.7. The largest absolute Gasteiger partial charge is 0.337 e. The quantitative estimate of drug-likeness (QED) is 0.427. The molecule has 0 bridgehead atoms. The Balaban J connectivity index is 1.93. The van der Waals surface area contributed by atoms with E-state index >= 15 is 0 Å². The average Bonchev–Trinajstić information content (AvgIpc) is 3.04. The summed E-state index contributed by atoms with van der Waals surface area (Å²) in [4.78, 5) is 34.2. The molecule has 2 amide bonds. The molecule has 2 aromatic rings. The van der Waals surface area contributed by atoms with Crippen LogP contribution in [-0.2, 0) is 9.59 Å². The first-order valence-corrected chi connectivity index (χ1v) is 12.4. The number of carbonyl (C=O) groups excluding carboxylic acids is 2. The molecule has 8 heteroatoms. The SMILES string of the molecule is Cc1ccc(N2C(=O)C(=Cc3ccc(Cl)c(Cl)c3)N=C2SCC(=O)N(C(C)C)C(C)C)cc1. The molecule has 0 radical (unpaired) electrons. The molecule has 1 aliphatic heterocycles. The van der Waals surface area contributed by atoms with Crippen molar-refractivity contribution in [2.45, 2.75) is 46.7 Å². The number of hydrogen-bond donors (Lipinski definition) is 0. The van der Waals surface area contributed by atoms with Crippen molar-refractivity contribution in [3.8, 4) is 0 Å². The van der Waals surface area contributed by atoms with Crippen LogP contribution in [0.25, 0.3) is 6.08 Å². The number of aliphatic imine (C=N–C) groups is 1. The second-order valence-electron chi connectivity index (χ2n) is 8.35. The summed E-state index contributed by atoms with van der Waals surface area (Å²) in [5.74, 6) is -0.0689. The van der Waals surface area contributed by atoms with Gasteiger partial charge in [0.05, 0.1) is 21.5 Å². The molecule has 0 N–H and O–H groups in total. The number of halogens is 2. The Bertz CT molecular complexity index is 1100. The molecule has 0 saturated carbocycles. The van der Waals surface area contributed by atoms with Crippen molar-refractivity contribution in [2.24, 2.45) is 4.99 Å². The molecule has 3 rings (SSSR count). The first-order chi connectivity index (χ1) is 15.6. The van der Waals surface area contributed by atoms with Gasteiger partial charge in [0.1, 0.15) is 5.70 Å². The lowest BCUT2D eigenvalue weighted by Crippen LogP contribution is -2.43. The number of nitrogens with zero attached hydrogens (tertiary/aromatic N) is 3. The van der Waals surface area contributed by atoms with Gasteiger partial charge >= 0.3 is 0 Å². The zero-order chi connectivity index (χ0) is 24.3. The van der Waals surface area contributed by atoms with Crippen LogP contribution in [0.3, 0.4) is 0 Å². The van der Waals surface area contributed by atoms with Crippen LogP contribution in [-0.4, -0.2) is 39.7 Å². The van der Waals surface area contributed by atoms with Crippen LogP contribution in [0.2, 0.25) is 10.0 Å². The van der Waals surface area contributed by atoms with E-state index in [2.05, 4.69) is 4.99 Å². The number of anilines is 1. The molecule has 0 spiro atoms. The van der Waals surface area contributed by atoms with Crippen LogP contribution in [0, 0.1) is 6.92 Å². The number of aryl methyl sites for hydroxylation is 1. The second kappa shape index (κ2) is 10.8. The maximum atomic E-state index is 13.3. The molecule has 0 aliphatic carbocycles. The summed E-state index contributed by atoms with van der Waals surface area (Å²) in [5, 5.41) is 1.31. The van der Waals surface area contributed by atoms with Gasteiger partial charge in [-0.05, 0) is 70.5 Å². The van der Waals surface area contributed by atoms with Gasteiger partial charge in [0.25, 0.3) is 5.91 Å². The molecule has 0 unspecified atom stereocenters. The Morgan fingerprint density at radius 2 is 1.70 bits per heavy atom. The smallest absolute Gasteiger partial charge is 0.283 e. The van der Waals surface area contributed by atoms with Crippen LogP contribution in [0.5, 0.6) is 0 Å². The molecule has 0 aromatic heterocycles. The Morgan fingerprint density at radius 3 is 2.27 bits per heavy atom. The molecule has 1 aliphatic rings. The van der Waals surface area contributed by atoms with Crippen LogP contribution in [0.1, 0.15) is 38.8 Å². The molecule has 5 nitrogen and oxygen atoms in total. The highest BCUT2D eigenvalue weighted by Crippen LogP contribution is 2.31.